The molecule has 1 aliphatic rings. The van der Waals surface area contributed by atoms with Crippen molar-refractivity contribution in [3.63, 3.8) is 0 Å². The summed E-state index contributed by atoms with van der Waals surface area (Å²) < 4.78 is 25.7. The number of β-amino-alcohol motifs (C(OH)–C–C–N with tert-alkyl or cyclic N) is 1. The standard InChI is InChI=1S/C10H13NO5S2/c1-6-2-3-17-10(6)18(15,16)11-5-7(12)4-8(11)9(13)14/h2-3,7-8,12H,4-5H2,1H3,(H,13,14)/t7-,8+/m0/s1. The molecule has 18 heavy (non-hydrogen) atoms. The molecule has 6 nitrogen and oxygen atoms in total. The Balaban J connectivity index is 2.41. The van der Waals surface area contributed by atoms with Crippen molar-refractivity contribution in [1.29, 1.82) is 0 Å². The first-order valence-electron chi connectivity index (χ1n) is 5.31. The molecule has 0 amide bonds. The van der Waals surface area contributed by atoms with E-state index in [-0.39, 0.29) is 17.2 Å². The second-order valence-electron chi connectivity index (χ2n) is 4.21. The molecule has 2 heterocycles. The molecular formula is C10H13NO5S2. The molecule has 0 aliphatic carbocycles. The minimum atomic E-state index is -3.84. The number of hydrogen-bond donors (Lipinski definition) is 2. The van der Waals surface area contributed by atoms with Gasteiger partial charge in [-0.1, -0.05) is 0 Å². The van der Waals surface area contributed by atoms with Gasteiger partial charge in [0, 0.05) is 13.0 Å². The third kappa shape index (κ3) is 2.16. The third-order valence-corrected chi connectivity index (χ3v) is 6.42. The zero-order valence-corrected chi connectivity index (χ0v) is 11.2. The van der Waals surface area contributed by atoms with Crippen LogP contribution in [0.5, 0.6) is 0 Å². The van der Waals surface area contributed by atoms with Crippen molar-refractivity contribution in [1.82, 2.24) is 4.31 Å². The molecular weight excluding hydrogens is 278 g/mol. The highest BCUT2D eigenvalue weighted by molar-refractivity contribution is 7.91. The van der Waals surface area contributed by atoms with Gasteiger partial charge in [0.25, 0.3) is 10.0 Å². The number of rotatable bonds is 3. The van der Waals surface area contributed by atoms with Crippen LogP contribution >= 0.6 is 11.3 Å². The molecule has 0 spiro atoms. The van der Waals surface area contributed by atoms with E-state index in [4.69, 9.17) is 5.11 Å². The van der Waals surface area contributed by atoms with E-state index in [1.807, 2.05) is 0 Å². The summed E-state index contributed by atoms with van der Waals surface area (Å²) >= 11 is 1.05. The predicted molar refractivity (Wildman–Crippen MR) is 65.0 cm³/mol. The zero-order valence-electron chi connectivity index (χ0n) is 9.61. The number of aliphatic carboxylic acids is 1. The summed E-state index contributed by atoms with van der Waals surface area (Å²) in [5.74, 6) is -1.23. The summed E-state index contributed by atoms with van der Waals surface area (Å²) in [5.41, 5.74) is 0.588. The number of nitrogens with zero attached hydrogens (tertiary/aromatic N) is 1. The van der Waals surface area contributed by atoms with Crippen LogP contribution in [0.1, 0.15) is 12.0 Å². The third-order valence-electron chi connectivity index (χ3n) is 2.88. The number of hydrogen-bond acceptors (Lipinski definition) is 5. The molecule has 100 valence electrons. The average molecular weight is 291 g/mol. The summed E-state index contributed by atoms with van der Waals surface area (Å²) in [4.78, 5) is 11.0. The van der Waals surface area contributed by atoms with Crippen molar-refractivity contribution >= 4 is 27.3 Å². The maximum absolute atomic E-state index is 12.3. The molecule has 0 saturated carbocycles. The van der Waals surface area contributed by atoms with Crippen molar-refractivity contribution in [2.45, 2.75) is 29.7 Å². The van der Waals surface area contributed by atoms with Gasteiger partial charge < -0.3 is 10.2 Å². The Hall–Kier alpha value is -0.960. The number of carboxylic acid groups (broad SMARTS) is 1. The van der Waals surface area contributed by atoms with E-state index in [0.717, 1.165) is 15.6 Å². The predicted octanol–water partition coefficient (Wildman–Crippen LogP) is 0.265. The number of carbonyl (C=O) groups is 1. The van der Waals surface area contributed by atoms with Crippen LogP contribution in [0.2, 0.25) is 0 Å². The minimum Gasteiger partial charge on any atom is -0.480 e. The SMILES string of the molecule is Cc1ccsc1S(=O)(=O)N1C[C@@H](O)C[C@@H]1C(=O)O. The molecule has 1 fully saturated rings. The Morgan fingerprint density at radius 1 is 1.56 bits per heavy atom. The molecule has 0 radical (unpaired) electrons. The lowest BCUT2D eigenvalue weighted by Gasteiger charge is -2.20. The molecule has 1 aliphatic heterocycles. The van der Waals surface area contributed by atoms with E-state index in [2.05, 4.69) is 0 Å². The maximum Gasteiger partial charge on any atom is 0.322 e. The molecule has 2 atom stereocenters. The molecule has 1 saturated heterocycles. The van der Waals surface area contributed by atoms with Crippen LogP contribution in [-0.2, 0) is 14.8 Å². The second kappa shape index (κ2) is 4.61. The Kier molecular flexibility index (Phi) is 3.45. The van der Waals surface area contributed by atoms with Crippen molar-refractivity contribution in [2.75, 3.05) is 6.54 Å². The summed E-state index contributed by atoms with van der Waals surface area (Å²) in [5, 5.41) is 20.1. The van der Waals surface area contributed by atoms with Crippen LogP contribution in [0.25, 0.3) is 0 Å². The number of thiophene rings is 1. The number of sulfonamides is 1. The largest absolute Gasteiger partial charge is 0.480 e. The lowest BCUT2D eigenvalue weighted by molar-refractivity contribution is -0.140. The van der Waals surface area contributed by atoms with Crippen molar-refractivity contribution in [3.05, 3.63) is 17.0 Å². The molecule has 2 N–H and O–H groups in total. The van der Waals surface area contributed by atoms with E-state index in [0.29, 0.717) is 5.56 Å². The highest BCUT2D eigenvalue weighted by Crippen LogP contribution is 2.31. The van der Waals surface area contributed by atoms with Gasteiger partial charge >= 0.3 is 5.97 Å². The van der Waals surface area contributed by atoms with Gasteiger partial charge in [-0.2, -0.15) is 4.31 Å². The molecule has 1 aromatic rings. The fourth-order valence-electron chi connectivity index (χ4n) is 2.00. The molecule has 0 bridgehead atoms. The lowest BCUT2D eigenvalue weighted by Crippen LogP contribution is -2.40. The molecule has 8 heteroatoms. The lowest BCUT2D eigenvalue weighted by atomic mass is 10.2. The van der Waals surface area contributed by atoms with Gasteiger partial charge in [-0.3, -0.25) is 4.79 Å². The average Bonchev–Trinajstić information content (AvgIpc) is 2.84. The van der Waals surface area contributed by atoms with E-state index >= 15 is 0 Å². The van der Waals surface area contributed by atoms with Gasteiger partial charge in [-0.25, -0.2) is 8.42 Å². The first-order valence-corrected chi connectivity index (χ1v) is 7.63. The van der Waals surface area contributed by atoms with Crippen LogP contribution in [0.3, 0.4) is 0 Å². The zero-order chi connectivity index (χ0) is 13.5. The number of aliphatic hydroxyl groups is 1. The summed E-state index contributed by atoms with van der Waals surface area (Å²) in [6, 6.07) is 0.478. The molecule has 0 aromatic carbocycles. The van der Waals surface area contributed by atoms with Crippen molar-refractivity contribution in [2.24, 2.45) is 0 Å². The number of aliphatic hydroxyl groups excluding tert-OH is 1. The van der Waals surface area contributed by atoms with Crippen molar-refractivity contribution < 1.29 is 23.4 Å². The van der Waals surface area contributed by atoms with Crippen LogP contribution in [0.15, 0.2) is 15.7 Å². The number of aryl methyl sites for hydroxylation is 1. The van der Waals surface area contributed by atoms with Crippen LogP contribution < -0.4 is 0 Å². The smallest absolute Gasteiger partial charge is 0.322 e. The summed E-state index contributed by atoms with van der Waals surface area (Å²) in [7, 11) is -3.84. The van der Waals surface area contributed by atoms with Crippen molar-refractivity contribution in [3.8, 4) is 0 Å². The topological polar surface area (TPSA) is 94.9 Å². The van der Waals surface area contributed by atoms with Gasteiger partial charge in [0.1, 0.15) is 10.3 Å². The summed E-state index contributed by atoms with van der Waals surface area (Å²) in [6.07, 6.45) is -1.000. The normalized spacial score (nSPS) is 25.4. The first-order chi connectivity index (χ1) is 8.34. The van der Waals surface area contributed by atoms with E-state index in [1.165, 1.54) is 0 Å². The quantitative estimate of drug-likeness (QED) is 0.833. The Morgan fingerprint density at radius 2 is 2.22 bits per heavy atom. The molecule has 0 unspecified atom stereocenters. The Bertz CT molecular complexity index is 565. The first kappa shape index (κ1) is 13.5. The maximum atomic E-state index is 12.3. The van der Waals surface area contributed by atoms with Gasteiger partial charge in [0.2, 0.25) is 0 Å². The fourth-order valence-corrected chi connectivity index (χ4v) is 5.16. The monoisotopic (exact) mass is 291 g/mol. The Morgan fingerprint density at radius 3 is 2.72 bits per heavy atom. The van der Waals surface area contributed by atoms with Gasteiger partial charge in [0.15, 0.2) is 0 Å². The van der Waals surface area contributed by atoms with Gasteiger partial charge in [-0.05, 0) is 23.9 Å². The summed E-state index contributed by atoms with van der Waals surface area (Å²) in [6.45, 7) is 1.49. The van der Waals surface area contributed by atoms with Gasteiger partial charge in [-0.15, -0.1) is 11.3 Å². The van der Waals surface area contributed by atoms with Crippen LogP contribution in [0.4, 0.5) is 0 Å². The van der Waals surface area contributed by atoms with Crippen LogP contribution in [-0.4, -0.2) is 47.6 Å². The highest BCUT2D eigenvalue weighted by Gasteiger charge is 2.44. The van der Waals surface area contributed by atoms with E-state index in [9.17, 15) is 18.3 Å². The fraction of sp³-hybridized carbons (Fsp3) is 0.500. The minimum absolute atomic E-state index is 0.0705. The van der Waals surface area contributed by atoms with E-state index < -0.39 is 28.1 Å². The Labute approximate surface area is 109 Å². The highest BCUT2D eigenvalue weighted by atomic mass is 32.2. The number of carboxylic acids is 1. The second-order valence-corrected chi connectivity index (χ2v) is 7.21. The molecule has 2 rings (SSSR count). The van der Waals surface area contributed by atoms with E-state index in [1.54, 1.807) is 18.4 Å². The molecule has 1 aromatic heterocycles. The van der Waals surface area contributed by atoms with Crippen LogP contribution in [0, 0.1) is 6.92 Å². The van der Waals surface area contributed by atoms with Gasteiger partial charge in [0.05, 0.1) is 6.10 Å².